The highest BCUT2D eigenvalue weighted by atomic mass is 16.6. The lowest BCUT2D eigenvalue weighted by Gasteiger charge is -2.10. The fourth-order valence-corrected chi connectivity index (χ4v) is 2.60. The minimum atomic E-state index is -0.544. The van der Waals surface area contributed by atoms with Crippen molar-refractivity contribution in [1.82, 2.24) is 4.98 Å². The Hall–Kier alpha value is -3.81. The number of esters is 1. The fraction of sp³-hybridized carbons (Fsp3) is 0.190. The number of oxime groups is 1. The molecular weight excluding hydrogens is 374 g/mol. The third-order valence-corrected chi connectivity index (χ3v) is 4.17. The highest BCUT2D eigenvalue weighted by Crippen LogP contribution is 2.15. The zero-order valence-corrected chi connectivity index (χ0v) is 15.7. The Morgan fingerprint density at radius 2 is 1.97 bits per heavy atom. The van der Waals surface area contributed by atoms with Gasteiger partial charge < -0.3 is 9.57 Å². The van der Waals surface area contributed by atoms with E-state index in [2.05, 4.69) is 10.1 Å². The number of nitrogens with zero attached hydrogens (tertiary/aromatic N) is 3. The quantitative estimate of drug-likeness (QED) is 0.247. The van der Waals surface area contributed by atoms with Crippen LogP contribution in [0.2, 0.25) is 0 Å². The second-order valence-corrected chi connectivity index (χ2v) is 6.30. The monoisotopic (exact) mass is 393 g/mol. The number of hydrogen-bond acceptors (Lipinski definition) is 7. The van der Waals surface area contributed by atoms with Gasteiger partial charge in [0, 0.05) is 35.7 Å². The lowest BCUT2D eigenvalue weighted by Crippen LogP contribution is -2.12. The van der Waals surface area contributed by atoms with Crippen molar-refractivity contribution in [2.75, 3.05) is 6.61 Å². The van der Waals surface area contributed by atoms with Gasteiger partial charge in [-0.25, -0.2) is 4.79 Å². The molecule has 0 spiro atoms. The molecule has 3 rings (SSSR count). The number of nitro benzene ring substituents is 1. The molecule has 0 aliphatic heterocycles. The zero-order valence-electron chi connectivity index (χ0n) is 15.7. The van der Waals surface area contributed by atoms with Gasteiger partial charge in [0.15, 0.2) is 0 Å². The van der Waals surface area contributed by atoms with Crippen LogP contribution in [0.3, 0.4) is 0 Å². The summed E-state index contributed by atoms with van der Waals surface area (Å²) in [4.78, 5) is 31.8. The van der Waals surface area contributed by atoms with Gasteiger partial charge in [-0.3, -0.25) is 15.1 Å². The summed E-state index contributed by atoms with van der Waals surface area (Å²) in [6.07, 6.45) is 3.51. The number of carbonyl (C=O) groups is 1. The number of benzene rings is 2. The first-order chi connectivity index (χ1) is 14.0. The largest absolute Gasteiger partial charge is 0.462 e. The van der Waals surface area contributed by atoms with Crippen molar-refractivity contribution in [1.29, 1.82) is 0 Å². The van der Waals surface area contributed by atoms with Crippen molar-refractivity contribution < 1.29 is 19.3 Å². The predicted octanol–water partition coefficient (Wildman–Crippen LogP) is 4.13. The molecule has 1 unspecified atom stereocenters. The van der Waals surface area contributed by atoms with E-state index >= 15 is 0 Å². The minimum absolute atomic E-state index is 0.0807. The van der Waals surface area contributed by atoms with Gasteiger partial charge in [-0.1, -0.05) is 29.4 Å². The summed E-state index contributed by atoms with van der Waals surface area (Å²) in [5, 5.41) is 15.7. The molecule has 8 heteroatoms. The lowest BCUT2D eigenvalue weighted by molar-refractivity contribution is -0.384. The van der Waals surface area contributed by atoms with Crippen LogP contribution < -0.4 is 0 Å². The van der Waals surface area contributed by atoms with E-state index in [4.69, 9.17) is 9.57 Å². The highest BCUT2D eigenvalue weighted by molar-refractivity contribution is 5.97. The average Bonchev–Trinajstić information content (AvgIpc) is 2.74. The summed E-state index contributed by atoms with van der Waals surface area (Å²) in [6.45, 7) is 1.96. The van der Waals surface area contributed by atoms with Crippen molar-refractivity contribution >= 4 is 28.8 Å². The molecule has 8 nitrogen and oxygen atoms in total. The predicted molar refractivity (Wildman–Crippen MR) is 108 cm³/mol. The van der Waals surface area contributed by atoms with Crippen LogP contribution in [0.4, 0.5) is 5.69 Å². The van der Waals surface area contributed by atoms with Gasteiger partial charge in [-0.2, -0.15) is 0 Å². The third-order valence-electron chi connectivity index (χ3n) is 4.17. The van der Waals surface area contributed by atoms with Crippen molar-refractivity contribution in [2.45, 2.75) is 19.4 Å². The van der Waals surface area contributed by atoms with E-state index in [1.54, 1.807) is 12.4 Å². The number of hydrogen-bond donors (Lipinski definition) is 0. The van der Waals surface area contributed by atoms with E-state index in [9.17, 15) is 14.9 Å². The fourth-order valence-electron chi connectivity index (χ4n) is 2.60. The average molecular weight is 393 g/mol. The van der Waals surface area contributed by atoms with Crippen LogP contribution in [0.5, 0.6) is 0 Å². The molecule has 0 amide bonds. The maximum absolute atomic E-state index is 12.0. The summed E-state index contributed by atoms with van der Waals surface area (Å²) in [5.41, 5.74) is 1.86. The van der Waals surface area contributed by atoms with E-state index in [1.165, 1.54) is 24.3 Å². The van der Waals surface area contributed by atoms with E-state index in [-0.39, 0.29) is 24.0 Å². The summed E-state index contributed by atoms with van der Waals surface area (Å²) in [5.74, 6) is -0.544. The Bertz CT molecular complexity index is 1030. The highest BCUT2D eigenvalue weighted by Gasteiger charge is 2.11. The van der Waals surface area contributed by atoms with E-state index in [0.717, 1.165) is 16.5 Å². The van der Waals surface area contributed by atoms with E-state index < -0.39 is 10.9 Å². The molecule has 0 aliphatic carbocycles. The normalized spacial score (nSPS) is 12.0. The standard InChI is InChI=1S/C21H19N3O5/c1-15(11-13-28-21(25)17-7-9-19(10-8-17)24(26)27)29-23-14-18-5-2-4-16-6-3-12-22-20(16)18/h2-10,12,14-15H,11,13H2,1H3/b23-14+. The molecule has 1 atom stereocenters. The smallest absolute Gasteiger partial charge is 0.338 e. The van der Waals surface area contributed by atoms with Gasteiger partial charge in [0.2, 0.25) is 0 Å². The number of ether oxygens (including phenoxy) is 1. The van der Waals surface area contributed by atoms with Crippen LogP contribution >= 0.6 is 0 Å². The molecule has 0 saturated carbocycles. The van der Waals surface area contributed by atoms with Crippen LogP contribution in [0.25, 0.3) is 10.9 Å². The maximum atomic E-state index is 12.0. The molecule has 1 aromatic heterocycles. The van der Waals surface area contributed by atoms with Crippen molar-refractivity contribution in [3.05, 3.63) is 82.0 Å². The number of fused-ring (bicyclic) bond motifs is 1. The molecule has 2 aromatic carbocycles. The summed E-state index contributed by atoms with van der Waals surface area (Å²) >= 11 is 0. The second-order valence-electron chi connectivity index (χ2n) is 6.30. The lowest BCUT2D eigenvalue weighted by atomic mass is 10.1. The van der Waals surface area contributed by atoms with Crippen LogP contribution in [-0.4, -0.2) is 34.8 Å². The Labute approximate surface area is 166 Å². The summed E-state index contributed by atoms with van der Waals surface area (Å²) in [6, 6.07) is 14.9. The third kappa shape index (κ3) is 5.35. The van der Waals surface area contributed by atoms with Crippen LogP contribution in [0.15, 0.2) is 65.9 Å². The Morgan fingerprint density at radius 3 is 2.72 bits per heavy atom. The topological polar surface area (TPSA) is 104 Å². The molecule has 0 aliphatic rings. The number of carbonyl (C=O) groups excluding carboxylic acids is 1. The number of nitro groups is 1. The molecule has 148 valence electrons. The van der Waals surface area contributed by atoms with E-state index in [0.29, 0.717) is 6.42 Å². The Kier molecular flexibility index (Phi) is 6.47. The van der Waals surface area contributed by atoms with Gasteiger partial charge in [0.1, 0.15) is 6.10 Å². The molecule has 0 N–H and O–H groups in total. The van der Waals surface area contributed by atoms with Gasteiger partial charge in [-0.15, -0.1) is 0 Å². The number of pyridine rings is 1. The molecule has 1 heterocycles. The maximum Gasteiger partial charge on any atom is 0.338 e. The molecule has 0 fully saturated rings. The van der Waals surface area contributed by atoms with Crippen LogP contribution in [0.1, 0.15) is 29.3 Å². The number of para-hydroxylation sites is 1. The second kappa shape index (κ2) is 9.41. The first-order valence-electron chi connectivity index (χ1n) is 8.99. The number of non-ortho nitro benzene ring substituents is 1. The molecule has 0 bridgehead atoms. The first kappa shape index (κ1) is 19.9. The van der Waals surface area contributed by atoms with Crippen LogP contribution in [0, 0.1) is 10.1 Å². The molecule has 3 aromatic rings. The minimum Gasteiger partial charge on any atom is -0.462 e. The van der Waals surface area contributed by atoms with Crippen molar-refractivity contribution in [3.8, 4) is 0 Å². The van der Waals surface area contributed by atoms with Crippen molar-refractivity contribution in [3.63, 3.8) is 0 Å². The number of aromatic nitrogens is 1. The number of rotatable bonds is 8. The summed E-state index contributed by atoms with van der Waals surface area (Å²) in [7, 11) is 0. The Morgan fingerprint density at radius 1 is 1.21 bits per heavy atom. The Balaban J connectivity index is 1.46. The van der Waals surface area contributed by atoms with Gasteiger partial charge >= 0.3 is 5.97 Å². The van der Waals surface area contributed by atoms with Gasteiger partial charge in [-0.05, 0) is 25.1 Å². The first-order valence-corrected chi connectivity index (χ1v) is 8.99. The molecule has 29 heavy (non-hydrogen) atoms. The summed E-state index contributed by atoms with van der Waals surface area (Å²) < 4.78 is 5.17. The molecule has 0 saturated heterocycles. The SMILES string of the molecule is CC(CCOC(=O)c1ccc([N+](=O)[O-])cc1)O/N=C/c1cccc2cccnc12. The molecular formula is C21H19N3O5. The van der Waals surface area contributed by atoms with E-state index in [1.807, 2.05) is 37.3 Å². The zero-order chi connectivity index (χ0) is 20.6. The van der Waals surface area contributed by atoms with Gasteiger partial charge in [0.25, 0.3) is 5.69 Å². The van der Waals surface area contributed by atoms with Crippen LogP contribution in [-0.2, 0) is 9.57 Å². The molecule has 0 radical (unpaired) electrons. The van der Waals surface area contributed by atoms with Crippen molar-refractivity contribution in [2.24, 2.45) is 5.16 Å². The van der Waals surface area contributed by atoms with Gasteiger partial charge in [0.05, 0.1) is 28.8 Å².